The van der Waals surface area contributed by atoms with E-state index in [1.54, 1.807) is 5.56 Å². The van der Waals surface area contributed by atoms with Crippen LogP contribution in [0, 0.1) is 0 Å². The molecule has 90 valence electrons. The maximum absolute atomic E-state index is 2.41. The summed E-state index contributed by atoms with van der Waals surface area (Å²) < 4.78 is 0. The van der Waals surface area contributed by atoms with Crippen LogP contribution in [0.15, 0.2) is 24.3 Å². The third kappa shape index (κ3) is 1.10. The molecule has 0 amide bonds. The van der Waals surface area contributed by atoms with Gasteiger partial charge in [-0.05, 0) is 62.7 Å². The van der Waals surface area contributed by atoms with Crippen LogP contribution in [0.1, 0.15) is 28.7 Å². The van der Waals surface area contributed by atoms with Gasteiger partial charge in [0.1, 0.15) is 0 Å². The first-order valence-electron chi connectivity index (χ1n) is 7.07. The van der Waals surface area contributed by atoms with Crippen molar-refractivity contribution in [2.24, 2.45) is 0 Å². The van der Waals surface area contributed by atoms with E-state index in [1.165, 1.54) is 37.9 Å². The Morgan fingerprint density at radius 2 is 1.63 bits per heavy atom. The maximum atomic E-state index is 2.41. The molecule has 0 fully saturated rings. The van der Waals surface area contributed by atoms with Crippen molar-refractivity contribution < 1.29 is 0 Å². The predicted octanol–water partition coefficient (Wildman–Crippen LogP) is 2.94. The largest absolute Gasteiger partial charge is 0.0795 e. The summed E-state index contributed by atoms with van der Waals surface area (Å²) in [6.45, 7) is 0. The van der Waals surface area contributed by atoms with Gasteiger partial charge in [-0.25, -0.2) is 0 Å². The standard InChI is InChI=1S/C19H14/c1-4-12-10-11-18-16-7-2-6-14(16)15-8-3-9-17(15)19(18)13(12)5-1/h1-2,4,7-11H,3,5-6H2. The van der Waals surface area contributed by atoms with Crippen molar-refractivity contribution >= 4 is 35.1 Å². The molecule has 5 rings (SSSR count). The maximum Gasteiger partial charge on any atom is -0.00612 e. The summed E-state index contributed by atoms with van der Waals surface area (Å²) in [5, 5.41) is 5.97. The quantitative estimate of drug-likeness (QED) is 0.666. The summed E-state index contributed by atoms with van der Waals surface area (Å²) in [4.78, 5) is 0. The Balaban J connectivity index is 2.13. The summed E-state index contributed by atoms with van der Waals surface area (Å²) in [5.74, 6) is 0. The van der Waals surface area contributed by atoms with Crippen LogP contribution >= 0.6 is 0 Å². The molecule has 19 heavy (non-hydrogen) atoms. The van der Waals surface area contributed by atoms with Crippen LogP contribution in [0.2, 0.25) is 0 Å². The Kier molecular flexibility index (Phi) is 1.69. The monoisotopic (exact) mass is 242 g/mol. The molecule has 3 aliphatic carbocycles. The lowest BCUT2D eigenvalue weighted by Gasteiger charge is -2.11. The van der Waals surface area contributed by atoms with E-state index in [0.29, 0.717) is 0 Å². The van der Waals surface area contributed by atoms with Gasteiger partial charge in [0.15, 0.2) is 0 Å². The molecule has 0 N–H and O–H groups in total. The Morgan fingerprint density at radius 1 is 0.789 bits per heavy atom. The fraction of sp³-hybridized carbons (Fsp3) is 0.158. The van der Waals surface area contributed by atoms with Gasteiger partial charge in [0.25, 0.3) is 0 Å². The minimum Gasteiger partial charge on any atom is -0.0795 e. The summed E-state index contributed by atoms with van der Waals surface area (Å²) in [5.41, 5.74) is 5.96. The second kappa shape index (κ2) is 3.27. The van der Waals surface area contributed by atoms with E-state index in [0.717, 1.165) is 19.3 Å². The number of hydrogen-bond donors (Lipinski definition) is 0. The highest BCUT2D eigenvalue weighted by atomic mass is 14.2. The normalized spacial score (nSPS) is 17.3. The van der Waals surface area contributed by atoms with Crippen LogP contribution < -0.4 is 10.4 Å². The summed E-state index contributed by atoms with van der Waals surface area (Å²) in [6.07, 6.45) is 17.3. The van der Waals surface area contributed by atoms with E-state index in [1.807, 2.05) is 0 Å². The predicted molar refractivity (Wildman–Crippen MR) is 82.2 cm³/mol. The SMILES string of the molecule is C1=Cc2c(c3c(c4c5c(ccc24)C=CC5)=CCC=3)C1. The molecule has 0 nitrogen and oxygen atoms in total. The van der Waals surface area contributed by atoms with Gasteiger partial charge in [0.2, 0.25) is 0 Å². The molecule has 0 aromatic heterocycles. The average molecular weight is 242 g/mol. The highest BCUT2D eigenvalue weighted by molar-refractivity contribution is 5.99. The molecule has 2 aromatic carbocycles. The fourth-order valence-electron chi connectivity index (χ4n) is 3.93. The molecule has 0 atom stereocenters. The molecule has 0 unspecified atom stereocenters. The molecule has 3 aliphatic rings. The zero-order valence-corrected chi connectivity index (χ0v) is 10.7. The zero-order valence-electron chi connectivity index (χ0n) is 10.7. The lowest BCUT2D eigenvalue weighted by Crippen LogP contribution is -2.28. The van der Waals surface area contributed by atoms with Gasteiger partial charge in [-0.3, -0.25) is 0 Å². The molecular weight excluding hydrogens is 228 g/mol. The number of benzene rings is 2. The van der Waals surface area contributed by atoms with E-state index >= 15 is 0 Å². The molecule has 0 heterocycles. The van der Waals surface area contributed by atoms with Crippen molar-refractivity contribution in [2.45, 2.75) is 19.3 Å². The Labute approximate surface area is 112 Å². The number of fused-ring (bicyclic) bond motifs is 8. The highest BCUT2D eigenvalue weighted by Crippen LogP contribution is 2.31. The summed E-state index contributed by atoms with van der Waals surface area (Å²) >= 11 is 0. The first kappa shape index (κ1) is 9.80. The highest BCUT2D eigenvalue weighted by Gasteiger charge is 2.18. The van der Waals surface area contributed by atoms with E-state index in [-0.39, 0.29) is 0 Å². The Hall–Kier alpha value is -2.08. The lowest BCUT2D eigenvalue weighted by atomic mass is 9.92. The summed E-state index contributed by atoms with van der Waals surface area (Å²) in [6, 6.07) is 4.61. The van der Waals surface area contributed by atoms with Crippen LogP contribution in [-0.4, -0.2) is 0 Å². The van der Waals surface area contributed by atoms with Crippen molar-refractivity contribution in [1.29, 1.82) is 0 Å². The number of rotatable bonds is 0. The molecule has 0 radical (unpaired) electrons. The first-order valence-corrected chi connectivity index (χ1v) is 7.07. The van der Waals surface area contributed by atoms with Gasteiger partial charge in [-0.1, -0.05) is 48.6 Å². The van der Waals surface area contributed by atoms with E-state index in [4.69, 9.17) is 0 Å². The van der Waals surface area contributed by atoms with Gasteiger partial charge >= 0.3 is 0 Å². The first-order chi connectivity index (χ1) is 9.43. The minimum atomic E-state index is 1.09. The smallest absolute Gasteiger partial charge is 0.00612 e. The van der Waals surface area contributed by atoms with Crippen molar-refractivity contribution in [2.75, 3.05) is 0 Å². The van der Waals surface area contributed by atoms with Gasteiger partial charge in [0, 0.05) is 0 Å². The molecular formula is C19H14. The molecule has 0 heteroatoms. The third-order valence-electron chi connectivity index (χ3n) is 4.72. The molecule has 0 saturated heterocycles. The second-order valence-electron chi connectivity index (χ2n) is 5.63. The van der Waals surface area contributed by atoms with Crippen LogP contribution in [0.5, 0.6) is 0 Å². The molecule has 0 aliphatic heterocycles. The van der Waals surface area contributed by atoms with Crippen LogP contribution in [-0.2, 0) is 12.8 Å². The van der Waals surface area contributed by atoms with Gasteiger partial charge in [0.05, 0.1) is 0 Å². The van der Waals surface area contributed by atoms with Gasteiger partial charge in [-0.2, -0.15) is 0 Å². The number of allylic oxidation sites excluding steroid dienone is 2. The lowest BCUT2D eigenvalue weighted by molar-refractivity contribution is 1.27. The molecule has 2 aromatic rings. The summed E-state index contributed by atoms with van der Waals surface area (Å²) in [7, 11) is 0. The molecule has 0 saturated carbocycles. The Morgan fingerprint density at radius 3 is 2.63 bits per heavy atom. The van der Waals surface area contributed by atoms with Crippen molar-refractivity contribution in [3.05, 3.63) is 57.0 Å². The zero-order chi connectivity index (χ0) is 12.4. The topological polar surface area (TPSA) is 0 Å². The van der Waals surface area contributed by atoms with Gasteiger partial charge < -0.3 is 0 Å². The van der Waals surface area contributed by atoms with Crippen molar-refractivity contribution in [3.63, 3.8) is 0 Å². The van der Waals surface area contributed by atoms with E-state index in [9.17, 15) is 0 Å². The van der Waals surface area contributed by atoms with Crippen LogP contribution in [0.4, 0.5) is 0 Å². The number of hydrogen-bond acceptors (Lipinski definition) is 0. The Bertz CT molecular complexity index is 921. The van der Waals surface area contributed by atoms with Crippen molar-refractivity contribution in [3.8, 4) is 0 Å². The molecule has 0 bridgehead atoms. The fourth-order valence-corrected chi connectivity index (χ4v) is 3.93. The second-order valence-corrected chi connectivity index (χ2v) is 5.63. The van der Waals surface area contributed by atoms with E-state index in [2.05, 4.69) is 48.6 Å². The van der Waals surface area contributed by atoms with Gasteiger partial charge in [-0.15, -0.1) is 0 Å². The van der Waals surface area contributed by atoms with Crippen LogP contribution in [0.25, 0.3) is 35.1 Å². The third-order valence-corrected chi connectivity index (χ3v) is 4.72. The average Bonchev–Trinajstić information content (AvgIpc) is 3.17. The van der Waals surface area contributed by atoms with E-state index < -0.39 is 0 Å². The molecule has 0 spiro atoms. The van der Waals surface area contributed by atoms with Crippen molar-refractivity contribution in [1.82, 2.24) is 0 Å². The van der Waals surface area contributed by atoms with Crippen LogP contribution in [0.3, 0.4) is 0 Å². The minimum absolute atomic E-state index is 1.09.